The van der Waals surface area contributed by atoms with Crippen LogP contribution in [0.2, 0.25) is 0 Å². The Hall–Kier alpha value is -2.03. The second-order valence-corrected chi connectivity index (χ2v) is 6.54. The Morgan fingerprint density at radius 1 is 1.38 bits per heavy atom. The molecule has 24 heavy (non-hydrogen) atoms. The van der Waals surface area contributed by atoms with Crippen molar-refractivity contribution in [2.24, 2.45) is 0 Å². The highest BCUT2D eigenvalue weighted by atomic mass is 16.2. The molecule has 2 aliphatic rings. The molecule has 1 unspecified atom stereocenters. The fourth-order valence-corrected chi connectivity index (χ4v) is 3.44. The van der Waals surface area contributed by atoms with Crippen LogP contribution in [0.25, 0.3) is 0 Å². The van der Waals surface area contributed by atoms with Gasteiger partial charge in [-0.1, -0.05) is 6.92 Å². The molecule has 0 aromatic carbocycles. The number of carbonyl (C=O) groups is 2. The number of carbonyl (C=O) groups excluding carboxylic acids is 2. The monoisotopic (exact) mass is 332 g/mol. The van der Waals surface area contributed by atoms with Gasteiger partial charge in [0, 0.05) is 44.8 Å². The Morgan fingerprint density at radius 3 is 2.88 bits per heavy atom. The molecule has 0 aromatic heterocycles. The molecular formula is C18H28N4O2. The van der Waals surface area contributed by atoms with E-state index in [0.29, 0.717) is 25.6 Å². The highest BCUT2D eigenvalue weighted by Crippen LogP contribution is 2.20. The van der Waals surface area contributed by atoms with E-state index in [0.717, 1.165) is 45.2 Å². The lowest BCUT2D eigenvalue weighted by molar-refractivity contribution is -0.127. The van der Waals surface area contributed by atoms with Crippen LogP contribution in [0.4, 0.5) is 0 Å². The molecule has 6 heteroatoms. The van der Waals surface area contributed by atoms with Crippen molar-refractivity contribution in [2.75, 3.05) is 26.2 Å². The zero-order valence-electron chi connectivity index (χ0n) is 14.6. The van der Waals surface area contributed by atoms with Crippen molar-refractivity contribution in [3.8, 4) is 6.07 Å². The van der Waals surface area contributed by atoms with E-state index in [1.807, 2.05) is 11.0 Å². The Balaban J connectivity index is 1.79. The van der Waals surface area contributed by atoms with Crippen molar-refractivity contribution in [1.82, 2.24) is 15.1 Å². The van der Waals surface area contributed by atoms with Crippen molar-refractivity contribution >= 4 is 11.8 Å². The zero-order chi connectivity index (χ0) is 17.4. The molecule has 2 fully saturated rings. The molecule has 0 spiro atoms. The molecule has 0 aliphatic carbocycles. The zero-order valence-corrected chi connectivity index (χ0v) is 14.6. The third kappa shape index (κ3) is 4.98. The van der Waals surface area contributed by atoms with Crippen LogP contribution in [0.5, 0.6) is 0 Å². The number of nitrogens with one attached hydrogen (secondary N) is 1. The maximum Gasteiger partial charge on any atom is 0.263 e. The lowest BCUT2D eigenvalue weighted by Gasteiger charge is -2.34. The van der Waals surface area contributed by atoms with E-state index in [1.165, 1.54) is 6.42 Å². The molecule has 2 rings (SSSR count). The molecule has 2 heterocycles. The molecule has 0 bridgehead atoms. The van der Waals surface area contributed by atoms with E-state index >= 15 is 0 Å². The van der Waals surface area contributed by atoms with Crippen molar-refractivity contribution in [3.63, 3.8) is 0 Å². The Kier molecular flexibility index (Phi) is 7.10. The van der Waals surface area contributed by atoms with Crippen molar-refractivity contribution in [1.29, 1.82) is 5.26 Å². The Bertz CT molecular complexity index is 524. The Labute approximate surface area is 144 Å². The van der Waals surface area contributed by atoms with Crippen LogP contribution in [0, 0.1) is 11.3 Å². The summed E-state index contributed by atoms with van der Waals surface area (Å²) < 4.78 is 0. The number of nitriles is 1. The van der Waals surface area contributed by atoms with Crippen molar-refractivity contribution < 1.29 is 9.59 Å². The summed E-state index contributed by atoms with van der Waals surface area (Å²) in [6, 6.07) is 2.45. The first-order chi connectivity index (χ1) is 11.7. The number of piperidine rings is 1. The van der Waals surface area contributed by atoms with Crippen LogP contribution in [-0.2, 0) is 9.59 Å². The standard InChI is InChI=1S/C18H28N4O2/c1-2-16-7-3-4-10-22(16)14-15(13-19)18(24)20-9-6-12-21-11-5-8-17(21)23/h14,16H,2-12H2,1H3,(H,20,24)/b15-14-. The molecule has 2 amide bonds. The van der Waals surface area contributed by atoms with E-state index in [1.54, 1.807) is 6.20 Å². The molecule has 6 nitrogen and oxygen atoms in total. The van der Waals surface area contributed by atoms with Crippen LogP contribution in [0.1, 0.15) is 51.9 Å². The molecule has 0 radical (unpaired) electrons. The molecule has 132 valence electrons. The van der Waals surface area contributed by atoms with E-state index in [4.69, 9.17) is 0 Å². The topological polar surface area (TPSA) is 76.4 Å². The first kappa shape index (κ1) is 18.3. The summed E-state index contributed by atoms with van der Waals surface area (Å²) in [5.41, 5.74) is 0.174. The molecule has 0 saturated carbocycles. The predicted molar refractivity (Wildman–Crippen MR) is 91.8 cm³/mol. The van der Waals surface area contributed by atoms with Gasteiger partial charge in [0.25, 0.3) is 5.91 Å². The summed E-state index contributed by atoms with van der Waals surface area (Å²) in [5.74, 6) is -0.111. The van der Waals surface area contributed by atoms with Gasteiger partial charge in [-0.2, -0.15) is 5.26 Å². The lowest BCUT2D eigenvalue weighted by atomic mass is 10.0. The number of likely N-dealkylation sites (tertiary alicyclic amines) is 2. The van der Waals surface area contributed by atoms with Gasteiger partial charge in [-0.25, -0.2) is 0 Å². The summed E-state index contributed by atoms with van der Waals surface area (Å²) >= 11 is 0. The van der Waals surface area contributed by atoms with Crippen molar-refractivity contribution in [3.05, 3.63) is 11.8 Å². The predicted octanol–water partition coefficient (Wildman–Crippen LogP) is 1.79. The molecule has 2 saturated heterocycles. The highest BCUT2D eigenvalue weighted by molar-refractivity contribution is 5.97. The number of rotatable bonds is 7. The number of amides is 2. The summed E-state index contributed by atoms with van der Waals surface area (Å²) in [7, 11) is 0. The maximum atomic E-state index is 12.2. The van der Waals surface area contributed by atoms with Gasteiger partial charge in [-0.3, -0.25) is 9.59 Å². The minimum atomic E-state index is -0.314. The van der Waals surface area contributed by atoms with Gasteiger partial charge in [0.05, 0.1) is 0 Å². The van der Waals surface area contributed by atoms with E-state index in [2.05, 4.69) is 17.1 Å². The second-order valence-electron chi connectivity index (χ2n) is 6.54. The number of hydrogen-bond acceptors (Lipinski definition) is 4. The third-order valence-corrected chi connectivity index (χ3v) is 4.87. The summed E-state index contributed by atoms with van der Waals surface area (Å²) in [5, 5.41) is 12.1. The average molecular weight is 332 g/mol. The number of nitrogens with zero attached hydrogens (tertiary/aromatic N) is 3. The van der Waals surface area contributed by atoms with Gasteiger partial charge in [0.2, 0.25) is 5.91 Å². The van der Waals surface area contributed by atoms with Crippen molar-refractivity contribution in [2.45, 2.75) is 57.9 Å². The van der Waals surface area contributed by atoms with Crippen LogP contribution in [0.15, 0.2) is 11.8 Å². The minimum absolute atomic E-state index is 0.174. The van der Waals surface area contributed by atoms with Crippen LogP contribution in [-0.4, -0.2) is 53.8 Å². The molecule has 1 N–H and O–H groups in total. The van der Waals surface area contributed by atoms with Gasteiger partial charge >= 0.3 is 0 Å². The van der Waals surface area contributed by atoms with Gasteiger partial charge in [0.15, 0.2) is 0 Å². The fourth-order valence-electron chi connectivity index (χ4n) is 3.44. The molecular weight excluding hydrogens is 304 g/mol. The van der Waals surface area contributed by atoms with Gasteiger partial charge < -0.3 is 15.1 Å². The van der Waals surface area contributed by atoms with E-state index in [-0.39, 0.29) is 17.4 Å². The smallest absolute Gasteiger partial charge is 0.263 e. The van der Waals surface area contributed by atoms with E-state index in [9.17, 15) is 14.9 Å². The maximum absolute atomic E-state index is 12.2. The lowest BCUT2D eigenvalue weighted by Crippen LogP contribution is -2.36. The normalized spacial score (nSPS) is 21.8. The second kappa shape index (κ2) is 9.31. The quantitative estimate of drug-likeness (QED) is 0.438. The first-order valence-electron chi connectivity index (χ1n) is 9.09. The fraction of sp³-hybridized carbons (Fsp3) is 0.722. The minimum Gasteiger partial charge on any atom is -0.373 e. The van der Waals surface area contributed by atoms with E-state index < -0.39 is 0 Å². The average Bonchev–Trinajstić information content (AvgIpc) is 3.01. The Morgan fingerprint density at radius 2 is 2.21 bits per heavy atom. The van der Waals surface area contributed by atoms with Crippen LogP contribution < -0.4 is 5.32 Å². The van der Waals surface area contributed by atoms with Gasteiger partial charge in [-0.15, -0.1) is 0 Å². The molecule has 1 atom stereocenters. The third-order valence-electron chi connectivity index (χ3n) is 4.87. The van der Waals surface area contributed by atoms with Crippen LogP contribution in [0.3, 0.4) is 0 Å². The SMILES string of the molecule is CCC1CCCCN1/C=C(/C#N)C(=O)NCCCN1CCCC1=O. The summed E-state index contributed by atoms with van der Waals surface area (Å²) in [6.45, 7) is 5.04. The highest BCUT2D eigenvalue weighted by Gasteiger charge is 2.21. The van der Waals surface area contributed by atoms with Gasteiger partial charge in [-0.05, 0) is 38.5 Å². The molecule has 0 aromatic rings. The summed E-state index contributed by atoms with van der Waals surface area (Å²) in [6.07, 6.45) is 8.49. The number of hydrogen-bond donors (Lipinski definition) is 1. The largest absolute Gasteiger partial charge is 0.373 e. The molecule has 2 aliphatic heterocycles. The first-order valence-corrected chi connectivity index (χ1v) is 9.09. The van der Waals surface area contributed by atoms with Crippen LogP contribution >= 0.6 is 0 Å². The summed E-state index contributed by atoms with van der Waals surface area (Å²) in [4.78, 5) is 27.7. The van der Waals surface area contributed by atoms with Gasteiger partial charge in [0.1, 0.15) is 11.6 Å².